The molecule has 0 amide bonds. The Morgan fingerprint density at radius 3 is 0.412 bits per heavy atom. The summed E-state index contributed by atoms with van der Waals surface area (Å²) in [5, 5.41) is 0. The number of rotatable bonds is 15. The summed E-state index contributed by atoms with van der Waals surface area (Å²) in [6, 6.07) is 47.8. The molecule has 12 nitrogen and oxygen atoms in total. The summed E-state index contributed by atoms with van der Waals surface area (Å²) in [5.74, 6) is 0. The quantitative estimate of drug-likeness (QED) is 0.0897. The van der Waals surface area contributed by atoms with E-state index < -0.39 is 0 Å². The van der Waals surface area contributed by atoms with E-state index >= 15 is 0 Å². The van der Waals surface area contributed by atoms with Crippen LogP contribution in [0.5, 0.6) is 0 Å². The molecule has 0 saturated carbocycles. The summed E-state index contributed by atoms with van der Waals surface area (Å²) in [6.07, 6.45) is 57.0. The van der Waals surface area contributed by atoms with Gasteiger partial charge in [-0.1, -0.05) is 72.9 Å². The molecule has 0 atom stereocenters. The minimum Gasteiger partial charge on any atom is -0.265 e. The standard InChI is InChI=1S/3C24H18N4.Fe/c3*1(19-5-11-25-12-6-19)3-21-9-15-27-23(17-21)24-18-22(10-16-28-24)4-2-20-7-13-26-14-8-20;/h3*1-18H;/b3*3-1+,4-2+;. The van der Waals surface area contributed by atoms with Crippen molar-refractivity contribution in [1.29, 1.82) is 0 Å². The van der Waals surface area contributed by atoms with Crippen LogP contribution in [0.2, 0.25) is 0 Å². The molecule has 0 bridgehead atoms. The molecule has 0 aliphatic rings. The van der Waals surface area contributed by atoms with Crippen molar-refractivity contribution in [2.24, 2.45) is 0 Å². The Morgan fingerprint density at radius 1 is 0.153 bits per heavy atom. The van der Waals surface area contributed by atoms with Gasteiger partial charge in [0, 0.05) is 129 Å². The van der Waals surface area contributed by atoms with E-state index in [2.05, 4.69) is 133 Å². The van der Waals surface area contributed by atoms with Gasteiger partial charge in [-0.3, -0.25) is 59.8 Å². The number of pyridine rings is 12. The zero-order valence-electron chi connectivity index (χ0n) is 45.9. The molecule has 0 fully saturated rings. The first-order chi connectivity index (χ1) is 41.6. The molecule has 12 aromatic rings. The van der Waals surface area contributed by atoms with Gasteiger partial charge in [-0.15, -0.1) is 0 Å². The van der Waals surface area contributed by atoms with E-state index in [4.69, 9.17) is 0 Å². The van der Waals surface area contributed by atoms with Gasteiger partial charge >= 0.3 is 0 Å². The summed E-state index contributed by atoms with van der Waals surface area (Å²) in [7, 11) is 0. The second-order valence-electron chi connectivity index (χ2n) is 18.5. The minimum atomic E-state index is 0. The van der Waals surface area contributed by atoms with Crippen LogP contribution < -0.4 is 0 Å². The van der Waals surface area contributed by atoms with E-state index in [9.17, 15) is 0 Å². The maximum Gasteiger partial charge on any atom is 0.0892 e. The second-order valence-corrected chi connectivity index (χ2v) is 18.5. The zero-order chi connectivity index (χ0) is 57.1. The summed E-state index contributed by atoms with van der Waals surface area (Å²) in [5.41, 5.74) is 18.1. The number of hydrogen-bond donors (Lipinski definition) is 0. The SMILES string of the molecule is C(=C\c1ccnc(-c2cc(/C=C/c3ccncc3)ccn2)c1)/c1ccncc1.C(=C\c1ccnc(-c2cc(/C=C/c3ccncc3)ccn2)c1)/c1ccncc1.C(=C\c1ccnc(-c2cc(/C=C/c3ccncc3)ccn2)c1)/c1ccncc1.[Fe]. The summed E-state index contributed by atoms with van der Waals surface area (Å²) in [6.45, 7) is 0. The summed E-state index contributed by atoms with van der Waals surface area (Å²) < 4.78 is 0. The summed E-state index contributed by atoms with van der Waals surface area (Å²) >= 11 is 0. The number of hydrogen-bond acceptors (Lipinski definition) is 12. The van der Waals surface area contributed by atoms with Gasteiger partial charge in [0.05, 0.1) is 34.2 Å². The first-order valence-corrected chi connectivity index (χ1v) is 26.9. The third-order valence-electron chi connectivity index (χ3n) is 12.5. The van der Waals surface area contributed by atoms with Crippen LogP contribution in [0.4, 0.5) is 0 Å². The molecule has 13 heteroatoms. The van der Waals surface area contributed by atoms with E-state index in [1.807, 2.05) is 183 Å². The molecule has 0 aliphatic carbocycles. The van der Waals surface area contributed by atoms with E-state index in [0.717, 1.165) is 101 Å². The Morgan fingerprint density at radius 2 is 0.271 bits per heavy atom. The van der Waals surface area contributed by atoms with E-state index in [-0.39, 0.29) is 17.1 Å². The monoisotopic (exact) mass is 1140 g/mol. The van der Waals surface area contributed by atoms with Crippen LogP contribution in [0.25, 0.3) is 107 Å². The predicted molar refractivity (Wildman–Crippen MR) is 341 cm³/mol. The molecule has 12 rings (SSSR count). The van der Waals surface area contributed by atoms with E-state index in [1.54, 1.807) is 74.4 Å². The van der Waals surface area contributed by atoms with Crippen LogP contribution in [0, 0.1) is 0 Å². The average molecular weight is 1140 g/mol. The van der Waals surface area contributed by atoms with Crippen LogP contribution in [-0.4, -0.2) is 59.8 Å². The summed E-state index contributed by atoms with van der Waals surface area (Å²) in [4.78, 5) is 51.1. The molecule has 0 unspecified atom stereocenters. The fraction of sp³-hybridized carbons (Fsp3) is 0. The Balaban J connectivity index is 0.000000152. The molecule has 0 N–H and O–H groups in total. The van der Waals surface area contributed by atoms with Gasteiger partial charge in [-0.05, 0) is 212 Å². The van der Waals surface area contributed by atoms with Crippen molar-refractivity contribution in [3.8, 4) is 34.2 Å². The first-order valence-electron chi connectivity index (χ1n) is 26.9. The molecular weight excluding hydrogens is 1090 g/mol. The van der Waals surface area contributed by atoms with Gasteiger partial charge in [0.2, 0.25) is 0 Å². The van der Waals surface area contributed by atoms with Crippen molar-refractivity contribution >= 4 is 72.9 Å². The van der Waals surface area contributed by atoms with Crippen LogP contribution in [0.3, 0.4) is 0 Å². The largest absolute Gasteiger partial charge is 0.265 e. The third kappa shape index (κ3) is 18.9. The van der Waals surface area contributed by atoms with Crippen LogP contribution in [0.15, 0.2) is 257 Å². The molecule has 0 radical (unpaired) electrons. The van der Waals surface area contributed by atoms with Crippen LogP contribution in [0.1, 0.15) is 66.8 Å². The van der Waals surface area contributed by atoms with Crippen molar-refractivity contribution in [2.45, 2.75) is 0 Å². The molecule has 0 aliphatic heterocycles. The van der Waals surface area contributed by atoms with Gasteiger partial charge < -0.3 is 0 Å². The molecular formula is C72H54FeN12. The topological polar surface area (TPSA) is 155 Å². The van der Waals surface area contributed by atoms with E-state index in [1.165, 1.54) is 0 Å². The molecule has 0 aromatic carbocycles. The molecule has 410 valence electrons. The molecule has 12 heterocycles. The number of nitrogens with zero attached hydrogens (tertiary/aromatic N) is 12. The smallest absolute Gasteiger partial charge is 0.0892 e. The number of aromatic nitrogens is 12. The van der Waals surface area contributed by atoms with Crippen molar-refractivity contribution in [2.75, 3.05) is 0 Å². The molecule has 0 saturated heterocycles. The predicted octanol–water partition coefficient (Wildman–Crippen LogP) is 15.8. The normalized spacial score (nSPS) is 11.2. The molecule has 85 heavy (non-hydrogen) atoms. The van der Waals surface area contributed by atoms with Gasteiger partial charge in [-0.2, -0.15) is 0 Å². The minimum absolute atomic E-state index is 0. The maximum absolute atomic E-state index is 4.49. The van der Waals surface area contributed by atoms with Crippen molar-refractivity contribution in [1.82, 2.24) is 59.8 Å². The zero-order valence-corrected chi connectivity index (χ0v) is 47.0. The Bertz CT molecular complexity index is 3480. The molecule has 0 spiro atoms. The Hall–Kier alpha value is -11.2. The van der Waals surface area contributed by atoms with Gasteiger partial charge in [-0.25, -0.2) is 0 Å². The maximum atomic E-state index is 4.49. The Kier molecular flexibility index (Phi) is 21.8. The van der Waals surface area contributed by atoms with Crippen molar-refractivity contribution in [3.05, 3.63) is 324 Å². The Labute approximate surface area is 505 Å². The molecule has 12 aromatic heterocycles. The van der Waals surface area contributed by atoms with Gasteiger partial charge in [0.25, 0.3) is 0 Å². The van der Waals surface area contributed by atoms with Crippen molar-refractivity contribution < 1.29 is 17.1 Å². The second kappa shape index (κ2) is 31.7. The van der Waals surface area contributed by atoms with E-state index in [0.29, 0.717) is 0 Å². The van der Waals surface area contributed by atoms with Crippen molar-refractivity contribution in [3.63, 3.8) is 0 Å². The fourth-order valence-electron chi connectivity index (χ4n) is 8.15. The van der Waals surface area contributed by atoms with Gasteiger partial charge in [0.1, 0.15) is 0 Å². The fourth-order valence-corrected chi connectivity index (χ4v) is 8.15. The first kappa shape index (κ1) is 58.4. The van der Waals surface area contributed by atoms with Crippen LogP contribution >= 0.6 is 0 Å². The van der Waals surface area contributed by atoms with Gasteiger partial charge in [0.15, 0.2) is 0 Å². The van der Waals surface area contributed by atoms with Crippen LogP contribution in [-0.2, 0) is 17.1 Å². The average Bonchev–Trinajstić information content (AvgIpc) is 3.69. The third-order valence-corrected chi connectivity index (χ3v) is 12.5.